The molecule has 1 aromatic carbocycles. The summed E-state index contributed by atoms with van der Waals surface area (Å²) in [6.07, 6.45) is 6.84. The van der Waals surface area contributed by atoms with E-state index < -0.39 is 12.0 Å². The van der Waals surface area contributed by atoms with Crippen molar-refractivity contribution >= 4 is 5.97 Å². The summed E-state index contributed by atoms with van der Waals surface area (Å²) in [5, 5.41) is 3.29. The summed E-state index contributed by atoms with van der Waals surface area (Å²) in [6, 6.07) is 5.91. The molecular weight excluding hydrogens is 257 g/mol. The second-order valence-electron chi connectivity index (χ2n) is 5.33. The normalized spacial score (nSPS) is 18.3. The van der Waals surface area contributed by atoms with Gasteiger partial charge in [-0.2, -0.15) is 0 Å². The van der Waals surface area contributed by atoms with Gasteiger partial charge in [0.2, 0.25) is 0 Å². The zero-order valence-corrected chi connectivity index (χ0v) is 11.9. The monoisotopic (exact) mass is 279 g/mol. The summed E-state index contributed by atoms with van der Waals surface area (Å²) in [5.74, 6) is -0.802. The van der Waals surface area contributed by atoms with E-state index >= 15 is 0 Å². The van der Waals surface area contributed by atoms with Crippen LogP contribution in [-0.4, -0.2) is 19.1 Å². The Morgan fingerprint density at radius 3 is 2.50 bits per heavy atom. The Morgan fingerprint density at radius 1 is 1.25 bits per heavy atom. The zero-order valence-electron chi connectivity index (χ0n) is 11.9. The largest absolute Gasteiger partial charge is 0.468 e. The molecule has 20 heavy (non-hydrogen) atoms. The Bertz CT molecular complexity index is 442. The lowest BCUT2D eigenvalue weighted by molar-refractivity contribution is -0.143. The number of methoxy groups -OCH3 is 1. The number of benzene rings is 1. The maximum Gasteiger partial charge on any atom is 0.327 e. The fourth-order valence-electron chi connectivity index (χ4n) is 2.79. The first-order chi connectivity index (χ1) is 9.72. The van der Waals surface area contributed by atoms with Crippen LogP contribution in [-0.2, 0) is 9.53 Å². The van der Waals surface area contributed by atoms with Gasteiger partial charge in [0, 0.05) is 11.6 Å². The van der Waals surface area contributed by atoms with Crippen LogP contribution in [0.3, 0.4) is 0 Å². The summed E-state index contributed by atoms with van der Waals surface area (Å²) in [5.41, 5.74) is 0.364. The molecule has 0 spiro atoms. The molecule has 0 bridgehead atoms. The van der Waals surface area contributed by atoms with Crippen LogP contribution in [0.4, 0.5) is 4.39 Å². The van der Waals surface area contributed by atoms with Crippen molar-refractivity contribution in [2.24, 2.45) is 0 Å². The second kappa shape index (κ2) is 7.39. The lowest BCUT2D eigenvalue weighted by Gasteiger charge is -2.23. The van der Waals surface area contributed by atoms with Crippen LogP contribution in [0.1, 0.15) is 50.1 Å². The predicted octanol–water partition coefficient (Wildman–Crippen LogP) is 3.35. The molecule has 1 saturated carbocycles. The molecule has 0 radical (unpaired) electrons. The SMILES string of the molecule is COC(=O)C(NC1CCCCCC1)c1ccccc1F. The van der Waals surface area contributed by atoms with Crippen molar-refractivity contribution < 1.29 is 13.9 Å². The molecule has 1 unspecified atom stereocenters. The molecule has 0 saturated heterocycles. The van der Waals surface area contributed by atoms with Gasteiger partial charge in [0.1, 0.15) is 11.9 Å². The highest BCUT2D eigenvalue weighted by Gasteiger charge is 2.27. The summed E-state index contributed by atoms with van der Waals surface area (Å²) in [4.78, 5) is 12.0. The van der Waals surface area contributed by atoms with Gasteiger partial charge in [-0.1, -0.05) is 43.9 Å². The summed E-state index contributed by atoms with van der Waals surface area (Å²) in [6.45, 7) is 0. The van der Waals surface area contributed by atoms with Gasteiger partial charge in [0.05, 0.1) is 7.11 Å². The van der Waals surface area contributed by atoms with Crippen LogP contribution in [0.25, 0.3) is 0 Å². The van der Waals surface area contributed by atoms with Crippen molar-refractivity contribution in [1.29, 1.82) is 0 Å². The van der Waals surface area contributed by atoms with Crippen LogP contribution in [0, 0.1) is 5.82 Å². The highest BCUT2D eigenvalue weighted by Crippen LogP contribution is 2.23. The Labute approximate surface area is 119 Å². The molecular formula is C16H22FNO2. The number of carbonyl (C=O) groups excluding carboxylic acids is 1. The maximum absolute atomic E-state index is 13.9. The van der Waals surface area contributed by atoms with Gasteiger partial charge in [-0.15, -0.1) is 0 Å². The predicted molar refractivity (Wildman–Crippen MR) is 75.8 cm³/mol. The first kappa shape index (κ1) is 15.0. The lowest BCUT2D eigenvalue weighted by atomic mass is 10.0. The fourth-order valence-corrected chi connectivity index (χ4v) is 2.79. The maximum atomic E-state index is 13.9. The fraction of sp³-hybridized carbons (Fsp3) is 0.562. The molecule has 1 atom stereocenters. The minimum atomic E-state index is -0.718. The van der Waals surface area contributed by atoms with Crippen molar-refractivity contribution in [3.8, 4) is 0 Å². The second-order valence-corrected chi connectivity index (χ2v) is 5.33. The van der Waals surface area contributed by atoms with Crippen LogP contribution in [0.15, 0.2) is 24.3 Å². The van der Waals surface area contributed by atoms with Gasteiger partial charge in [-0.05, 0) is 18.9 Å². The van der Waals surface area contributed by atoms with Crippen molar-refractivity contribution in [1.82, 2.24) is 5.32 Å². The average molecular weight is 279 g/mol. The van der Waals surface area contributed by atoms with Crippen molar-refractivity contribution in [3.05, 3.63) is 35.6 Å². The number of hydrogen-bond acceptors (Lipinski definition) is 3. The summed E-state index contributed by atoms with van der Waals surface area (Å²) in [7, 11) is 1.34. The van der Waals surface area contributed by atoms with Crippen molar-refractivity contribution in [3.63, 3.8) is 0 Å². The highest BCUT2D eigenvalue weighted by atomic mass is 19.1. The minimum absolute atomic E-state index is 0.251. The number of ether oxygens (including phenoxy) is 1. The zero-order chi connectivity index (χ0) is 14.4. The van der Waals surface area contributed by atoms with E-state index in [2.05, 4.69) is 5.32 Å². The number of halogens is 1. The van der Waals surface area contributed by atoms with E-state index in [1.54, 1.807) is 18.2 Å². The Morgan fingerprint density at radius 2 is 1.90 bits per heavy atom. The number of hydrogen-bond donors (Lipinski definition) is 1. The smallest absolute Gasteiger partial charge is 0.327 e. The molecule has 3 nitrogen and oxygen atoms in total. The number of esters is 1. The quantitative estimate of drug-likeness (QED) is 0.678. The molecule has 0 amide bonds. The third-order valence-electron chi connectivity index (χ3n) is 3.91. The van der Waals surface area contributed by atoms with Crippen LogP contribution >= 0.6 is 0 Å². The first-order valence-electron chi connectivity index (χ1n) is 7.30. The minimum Gasteiger partial charge on any atom is -0.468 e. The molecule has 0 aromatic heterocycles. The molecule has 0 aliphatic heterocycles. The van der Waals surface area contributed by atoms with Gasteiger partial charge in [-0.3, -0.25) is 5.32 Å². The topological polar surface area (TPSA) is 38.3 Å². The first-order valence-corrected chi connectivity index (χ1v) is 7.30. The van der Waals surface area contributed by atoms with Gasteiger partial charge < -0.3 is 4.74 Å². The Balaban J connectivity index is 2.15. The third-order valence-corrected chi connectivity index (χ3v) is 3.91. The van der Waals surface area contributed by atoms with Crippen LogP contribution < -0.4 is 5.32 Å². The Hall–Kier alpha value is -1.42. The molecule has 0 heterocycles. The van der Waals surface area contributed by atoms with Gasteiger partial charge in [-0.25, -0.2) is 9.18 Å². The van der Waals surface area contributed by atoms with Gasteiger partial charge in [0.15, 0.2) is 0 Å². The van der Waals surface area contributed by atoms with Gasteiger partial charge in [0.25, 0.3) is 0 Å². The van der Waals surface area contributed by atoms with Crippen LogP contribution in [0.5, 0.6) is 0 Å². The standard InChI is InChI=1S/C16H22FNO2/c1-20-16(19)15(13-10-6-7-11-14(13)17)18-12-8-4-2-3-5-9-12/h6-7,10-12,15,18H,2-5,8-9H2,1H3. The molecule has 110 valence electrons. The average Bonchev–Trinajstić information content (AvgIpc) is 2.73. The highest BCUT2D eigenvalue weighted by molar-refractivity contribution is 5.77. The summed E-state index contributed by atoms with van der Waals surface area (Å²) >= 11 is 0. The van der Waals surface area contributed by atoms with E-state index in [1.807, 2.05) is 0 Å². The number of nitrogens with one attached hydrogen (secondary N) is 1. The van der Waals surface area contributed by atoms with Crippen LogP contribution in [0.2, 0.25) is 0 Å². The van der Waals surface area contributed by atoms with E-state index in [0.29, 0.717) is 5.56 Å². The van der Waals surface area contributed by atoms with Crippen molar-refractivity contribution in [2.75, 3.05) is 7.11 Å². The molecule has 2 rings (SSSR count). The van der Waals surface area contributed by atoms with E-state index in [-0.39, 0.29) is 11.9 Å². The summed E-state index contributed by atoms with van der Waals surface area (Å²) < 4.78 is 18.7. The molecule has 1 fully saturated rings. The Kier molecular flexibility index (Phi) is 5.53. The molecule has 4 heteroatoms. The number of rotatable bonds is 4. The van der Waals surface area contributed by atoms with E-state index in [0.717, 1.165) is 25.7 Å². The van der Waals surface area contributed by atoms with Crippen molar-refractivity contribution in [2.45, 2.75) is 50.6 Å². The van der Waals surface area contributed by atoms with E-state index in [9.17, 15) is 9.18 Å². The lowest BCUT2D eigenvalue weighted by Crippen LogP contribution is -2.38. The van der Waals surface area contributed by atoms with Gasteiger partial charge >= 0.3 is 5.97 Å². The van der Waals surface area contributed by atoms with E-state index in [4.69, 9.17) is 4.74 Å². The van der Waals surface area contributed by atoms with E-state index in [1.165, 1.54) is 26.0 Å². The number of carbonyl (C=O) groups is 1. The third kappa shape index (κ3) is 3.79. The molecule has 1 aromatic rings. The molecule has 1 aliphatic rings. The molecule has 1 N–H and O–H groups in total. The molecule has 1 aliphatic carbocycles.